The molecule has 4 rings (SSSR count). The second-order valence-electron chi connectivity index (χ2n) is 7.62. The van der Waals surface area contributed by atoms with E-state index in [0.29, 0.717) is 24.4 Å². The van der Waals surface area contributed by atoms with Gasteiger partial charge in [-0.25, -0.2) is 0 Å². The van der Waals surface area contributed by atoms with Crippen LogP contribution in [-0.4, -0.2) is 37.1 Å². The van der Waals surface area contributed by atoms with E-state index in [1.807, 2.05) is 42.5 Å². The lowest BCUT2D eigenvalue weighted by Crippen LogP contribution is -2.17. The summed E-state index contributed by atoms with van der Waals surface area (Å²) in [5.74, 6) is 0.203. The quantitative estimate of drug-likeness (QED) is 0.498. The zero-order valence-corrected chi connectivity index (χ0v) is 16.3. The molecule has 1 aliphatic rings. The van der Waals surface area contributed by atoms with E-state index < -0.39 is 12.2 Å². The minimum Gasteiger partial charge on any atom is -0.392 e. The molecule has 2 atom stereocenters. The van der Waals surface area contributed by atoms with Crippen molar-refractivity contribution in [2.24, 2.45) is 11.7 Å². The highest BCUT2D eigenvalue weighted by molar-refractivity contribution is 7.80. The maximum Gasteiger partial charge on any atom is 0.104 e. The Balaban J connectivity index is 1.79. The molecule has 1 fully saturated rings. The number of hydrogen-bond donors (Lipinski definition) is 4. The van der Waals surface area contributed by atoms with Gasteiger partial charge in [0.15, 0.2) is 0 Å². The summed E-state index contributed by atoms with van der Waals surface area (Å²) >= 11 is 5.12. The Labute approximate surface area is 169 Å². The SMILES string of the molecule is NC(=S)c1cccc(-c2cn(CC3CC(O)C(O)C3)c3cc(CO)ccc23)c1. The van der Waals surface area contributed by atoms with Crippen molar-refractivity contribution in [2.45, 2.75) is 38.2 Å². The fourth-order valence-electron chi connectivity index (χ4n) is 4.18. The summed E-state index contributed by atoms with van der Waals surface area (Å²) in [7, 11) is 0. The summed E-state index contributed by atoms with van der Waals surface area (Å²) in [5.41, 5.74) is 10.6. The summed E-state index contributed by atoms with van der Waals surface area (Å²) in [6, 6.07) is 13.8. The monoisotopic (exact) mass is 396 g/mol. The average molecular weight is 397 g/mol. The molecule has 0 radical (unpaired) electrons. The number of rotatable bonds is 5. The average Bonchev–Trinajstić information content (AvgIpc) is 3.21. The molecule has 5 nitrogen and oxygen atoms in total. The van der Waals surface area contributed by atoms with Crippen molar-refractivity contribution >= 4 is 28.1 Å². The summed E-state index contributed by atoms with van der Waals surface area (Å²) in [5, 5.41) is 30.4. The van der Waals surface area contributed by atoms with Crippen LogP contribution in [0.3, 0.4) is 0 Å². The maximum atomic E-state index is 9.89. The molecular weight excluding hydrogens is 372 g/mol. The van der Waals surface area contributed by atoms with Crippen LogP contribution in [0.1, 0.15) is 24.0 Å². The summed E-state index contributed by atoms with van der Waals surface area (Å²) < 4.78 is 2.16. The van der Waals surface area contributed by atoms with E-state index in [1.165, 1.54) is 0 Å². The van der Waals surface area contributed by atoms with Crippen LogP contribution in [0.5, 0.6) is 0 Å². The minimum absolute atomic E-state index is 0.0196. The molecule has 0 bridgehead atoms. The lowest BCUT2D eigenvalue weighted by molar-refractivity contribution is 0.0438. The molecule has 0 spiro atoms. The third-order valence-corrected chi connectivity index (χ3v) is 5.87. The number of aliphatic hydroxyl groups excluding tert-OH is 3. The number of aromatic nitrogens is 1. The maximum absolute atomic E-state index is 9.89. The number of thiocarbonyl (C=S) groups is 1. The van der Waals surface area contributed by atoms with Crippen molar-refractivity contribution in [2.75, 3.05) is 0 Å². The predicted octanol–water partition coefficient (Wildman–Crippen LogP) is 2.57. The predicted molar refractivity (Wildman–Crippen MR) is 114 cm³/mol. The Hall–Kier alpha value is -2.25. The Kier molecular flexibility index (Phi) is 5.21. The molecule has 1 saturated carbocycles. The van der Waals surface area contributed by atoms with Crippen LogP contribution in [0, 0.1) is 5.92 Å². The smallest absolute Gasteiger partial charge is 0.104 e. The Bertz CT molecular complexity index is 1020. The standard InChI is InChI=1S/C22H24N2O3S/c23-22(28)16-3-1-2-15(9-16)18-11-24(10-14-7-20(26)21(27)8-14)19-6-13(12-25)4-5-17(18)19/h1-6,9,11,14,20-21,25-27H,7-8,10,12H2,(H2,23,28). The van der Waals surface area contributed by atoms with Crippen molar-refractivity contribution in [1.82, 2.24) is 4.57 Å². The van der Waals surface area contributed by atoms with Crippen molar-refractivity contribution < 1.29 is 15.3 Å². The van der Waals surface area contributed by atoms with Crippen molar-refractivity contribution in [3.8, 4) is 11.1 Å². The molecule has 0 saturated heterocycles. The lowest BCUT2D eigenvalue weighted by Gasteiger charge is -2.12. The van der Waals surface area contributed by atoms with E-state index >= 15 is 0 Å². The van der Waals surface area contributed by atoms with Crippen LogP contribution in [0.2, 0.25) is 0 Å². The molecule has 1 heterocycles. The summed E-state index contributed by atoms with van der Waals surface area (Å²) in [4.78, 5) is 0.363. The summed E-state index contributed by atoms with van der Waals surface area (Å²) in [6.07, 6.45) is 1.98. The van der Waals surface area contributed by atoms with E-state index in [0.717, 1.165) is 33.2 Å². The largest absolute Gasteiger partial charge is 0.392 e. The Morgan fingerprint density at radius 2 is 1.86 bits per heavy atom. The molecule has 0 aliphatic heterocycles. The van der Waals surface area contributed by atoms with Gasteiger partial charge in [0.1, 0.15) is 4.99 Å². The fourth-order valence-corrected chi connectivity index (χ4v) is 4.30. The first-order valence-corrected chi connectivity index (χ1v) is 9.86. The van der Waals surface area contributed by atoms with E-state index in [4.69, 9.17) is 18.0 Å². The van der Waals surface area contributed by atoms with Gasteiger partial charge in [-0.3, -0.25) is 0 Å². The topological polar surface area (TPSA) is 91.6 Å². The van der Waals surface area contributed by atoms with E-state index in [2.05, 4.69) is 10.8 Å². The Morgan fingerprint density at radius 3 is 2.54 bits per heavy atom. The number of aliphatic hydroxyl groups is 3. The van der Waals surface area contributed by atoms with Gasteiger partial charge in [-0.1, -0.05) is 42.5 Å². The van der Waals surface area contributed by atoms with Crippen LogP contribution < -0.4 is 5.73 Å². The number of benzene rings is 2. The van der Waals surface area contributed by atoms with Gasteiger partial charge in [0.25, 0.3) is 0 Å². The number of nitrogens with two attached hydrogens (primary N) is 1. The zero-order valence-electron chi connectivity index (χ0n) is 15.5. The van der Waals surface area contributed by atoms with Gasteiger partial charge in [-0.05, 0) is 42.0 Å². The van der Waals surface area contributed by atoms with Crippen LogP contribution >= 0.6 is 12.2 Å². The second-order valence-corrected chi connectivity index (χ2v) is 8.06. The van der Waals surface area contributed by atoms with E-state index in [-0.39, 0.29) is 12.5 Å². The van der Waals surface area contributed by atoms with Crippen molar-refractivity contribution in [3.63, 3.8) is 0 Å². The third kappa shape index (κ3) is 3.56. The number of nitrogens with zero attached hydrogens (tertiary/aromatic N) is 1. The van der Waals surface area contributed by atoms with Gasteiger partial charge in [0, 0.05) is 34.8 Å². The normalized spacial score (nSPS) is 22.0. The molecule has 146 valence electrons. The number of hydrogen-bond acceptors (Lipinski definition) is 4. The van der Waals surface area contributed by atoms with Crippen molar-refractivity contribution in [3.05, 3.63) is 59.8 Å². The van der Waals surface area contributed by atoms with Crippen LogP contribution in [0.25, 0.3) is 22.0 Å². The van der Waals surface area contributed by atoms with Crippen LogP contribution in [0.15, 0.2) is 48.7 Å². The molecule has 3 aromatic rings. The molecule has 0 amide bonds. The first-order chi connectivity index (χ1) is 13.5. The van der Waals surface area contributed by atoms with E-state index in [9.17, 15) is 15.3 Å². The first kappa shape index (κ1) is 19.1. The Morgan fingerprint density at radius 1 is 1.11 bits per heavy atom. The molecule has 2 aromatic carbocycles. The first-order valence-electron chi connectivity index (χ1n) is 9.45. The van der Waals surface area contributed by atoms with Gasteiger partial charge in [-0.15, -0.1) is 0 Å². The zero-order chi connectivity index (χ0) is 19.8. The summed E-state index contributed by atoms with van der Waals surface area (Å²) in [6.45, 7) is 0.683. The molecule has 1 aliphatic carbocycles. The van der Waals surface area contributed by atoms with Crippen LogP contribution in [0.4, 0.5) is 0 Å². The highest BCUT2D eigenvalue weighted by Gasteiger charge is 2.31. The van der Waals surface area contributed by atoms with Gasteiger partial charge in [0.2, 0.25) is 0 Å². The van der Waals surface area contributed by atoms with Crippen molar-refractivity contribution in [1.29, 1.82) is 0 Å². The fraction of sp³-hybridized carbons (Fsp3) is 0.318. The van der Waals surface area contributed by atoms with Gasteiger partial charge >= 0.3 is 0 Å². The van der Waals surface area contributed by atoms with Gasteiger partial charge in [-0.2, -0.15) is 0 Å². The molecular formula is C22H24N2O3S. The van der Waals surface area contributed by atoms with Gasteiger partial charge in [0.05, 0.1) is 18.8 Å². The highest BCUT2D eigenvalue weighted by Crippen LogP contribution is 2.34. The molecule has 1 aromatic heterocycles. The minimum atomic E-state index is -0.651. The molecule has 5 N–H and O–H groups in total. The molecule has 6 heteroatoms. The number of fused-ring (bicyclic) bond motifs is 1. The highest BCUT2D eigenvalue weighted by atomic mass is 32.1. The van der Waals surface area contributed by atoms with Gasteiger partial charge < -0.3 is 25.6 Å². The second kappa shape index (κ2) is 7.64. The molecule has 28 heavy (non-hydrogen) atoms. The molecule has 2 unspecified atom stereocenters. The lowest BCUT2D eigenvalue weighted by atomic mass is 10.0. The van der Waals surface area contributed by atoms with E-state index in [1.54, 1.807) is 0 Å². The van der Waals surface area contributed by atoms with Crippen LogP contribution in [-0.2, 0) is 13.2 Å². The third-order valence-electron chi connectivity index (χ3n) is 5.64.